The highest BCUT2D eigenvalue weighted by Crippen LogP contribution is 2.62. The molecule has 2 aliphatic carbocycles. The minimum atomic E-state index is -1.05. The zero-order chi connectivity index (χ0) is 13.7. The third-order valence-electron chi connectivity index (χ3n) is 5.53. The SMILES string of the molecule is Cc1ccc(C(C)(O)C2(C#N)CC3CCC2C3)cc1. The second kappa shape index (κ2) is 4.08. The van der Waals surface area contributed by atoms with Crippen LogP contribution in [0.5, 0.6) is 0 Å². The van der Waals surface area contributed by atoms with Crippen LogP contribution in [0.2, 0.25) is 0 Å². The maximum atomic E-state index is 11.1. The van der Waals surface area contributed by atoms with Crippen molar-refractivity contribution in [1.29, 1.82) is 5.26 Å². The van der Waals surface area contributed by atoms with Gasteiger partial charge in [0.1, 0.15) is 5.60 Å². The molecule has 1 aromatic carbocycles. The Labute approximate surface area is 115 Å². The third-order valence-corrected chi connectivity index (χ3v) is 5.53. The summed E-state index contributed by atoms with van der Waals surface area (Å²) in [5.74, 6) is 1.00. The summed E-state index contributed by atoms with van der Waals surface area (Å²) < 4.78 is 0. The number of hydrogen-bond acceptors (Lipinski definition) is 2. The molecule has 2 nitrogen and oxygen atoms in total. The van der Waals surface area contributed by atoms with Crippen LogP contribution in [-0.2, 0) is 5.60 Å². The molecule has 2 saturated carbocycles. The summed E-state index contributed by atoms with van der Waals surface area (Å²) in [6, 6.07) is 10.5. The van der Waals surface area contributed by atoms with Gasteiger partial charge in [-0.15, -0.1) is 0 Å². The lowest BCUT2D eigenvalue weighted by Gasteiger charge is -2.43. The van der Waals surface area contributed by atoms with Gasteiger partial charge in [-0.2, -0.15) is 5.26 Å². The van der Waals surface area contributed by atoms with E-state index >= 15 is 0 Å². The summed E-state index contributed by atoms with van der Waals surface area (Å²) in [5, 5.41) is 20.9. The Hall–Kier alpha value is -1.33. The van der Waals surface area contributed by atoms with Crippen LogP contribution >= 0.6 is 0 Å². The number of nitrogens with zero attached hydrogens (tertiary/aromatic N) is 1. The molecular formula is C17H21NO. The van der Waals surface area contributed by atoms with E-state index in [-0.39, 0.29) is 0 Å². The van der Waals surface area contributed by atoms with Gasteiger partial charge in [-0.05, 0) is 50.5 Å². The molecule has 0 radical (unpaired) electrons. The Morgan fingerprint density at radius 1 is 1.32 bits per heavy atom. The third kappa shape index (κ3) is 1.65. The molecule has 2 bridgehead atoms. The molecule has 100 valence electrons. The van der Waals surface area contributed by atoms with Gasteiger partial charge in [0, 0.05) is 0 Å². The van der Waals surface area contributed by atoms with E-state index in [0.717, 1.165) is 24.8 Å². The standard InChI is InChI=1S/C17H21NO/c1-12-3-6-14(7-4-12)16(2,19)17(11-18)10-13-5-8-15(17)9-13/h3-4,6-7,13,15,19H,5,8-10H2,1-2H3. The average Bonchev–Trinajstić information content (AvgIpc) is 3.00. The minimum absolute atomic E-state index is 0.360. The summed E-state index contributed by atoms with van der Waals surface area (Å²) >= 11 is 0. The molecule has 2 heteroatoms. The molecule has 2 aliphatic rings. The Balaban J connectivity index is 2.03. The van der Waals surface area contributed by atoms with Crippen LogP contribution < -0.4 is 0 Å². The Morgan fingerprint density at radius 3 is 2.47 bits per heavy atom. The lowest BCUT2D eigenvalue weighted by atomic mass is 9.61. The largest absolute Gasteiger partial charge is 0.384 e. The predicted octanol–water partition coefficient (Wildman–Crippen LogP) is 3.53. The van der Waals surface area contributed by atoms with Crippen LogP contribution in [0.3, 0.4) is 0 Å². The van der Waals surface area contributed by atoms with E-state index in [1.807, 2.05) is 38.1 Å². The van der Waals surface area contributed by atoms with E-state index in [4.69, 9.17) is 0 Å². The van der Waals surface area contributed by atoms with Crippen molar-refractivity contribution < 1.29 is 5.11 Å². The highest BCUT2D eigenvalue weighted by atomic mass is 16.3. The highest BCUT2D eigenvalue weighted by molar-refractivity contribution is 5.33. The van der Waals surface area contributed by atoms with Crippen LogP contribution in [0.4, 0.5) is 0 Å². The number of nitriles is 1. The van der Waals surface area contributed by atoms with Gasteiger partial charge < -0.3 is 5.11 Å². The van der Waals surface area contributed by atoms with Crippen molar-refractivity contribution >= 4 is 0 Å². The molecule has 0 aliphatic heterocycles. The molecule has 1 N–H and O–H groups in total. The van der Waals surface area contributed by atoms with Gasteiger partial charge >= 0.3 is 0 Å². The Morgan fingerprint density at radius 2 is 2.00 bits per heavy atom. The van der Waals surface area contributed by atoms with Crippen molar-refractivity contribution in [3.8, 4) is 6.07 Å². The second-order valence-corrected chi connectivity index (χ2v) is 6.60. The fourth-order valence-electron chi connectivity index (χ4n) is 4.31. The van der Waals surface area contributed by atoms with Gasteiger partial charge in [0.25, 0.3) is 0 Å². The Bertz CT molecular complexity index is 525. The smallest absolute Gasteiger partial charge is 0.106 e. The highest BCUT2D eigenvalue weighted by Gasteiger charge is 2.60. The molecule has 0 heterocycles. The van der Waals surface area contributed by atoms with Gasteiger partial charge in [0.05, 0.1) is 11.5 Å². The van der Waals surface area contributed by atoms with Crippen molar-refractivity contribution in [2.45, 2.75) is 45.1 Å². The fraction of sp³-hybridized carbons (Fsp3) is 0.588. The number of aryl methyl sites for hydroxylation is 1. The summed E-state index contributed by atoms with van der Waals surface area (Å²) in [6.07, 6.45) is 4.31. The van der Waals surface area contributed by atoms with Gasteiger partial charge in [0.15, 0.2) is 0 Å². The van der Waals surface area contributed by atoms with E-state index in [0.29, 0.717) is 11.8 Å². The lowest BCUT2D eigenvalue weighted by Crippen LogP contribution is -2.46. The molecule has 3 rings (SSSR count). The van der Waals surface area contributed by atoms with Gasteiger partial charge in [0.2, 0.25) is 0 Å². The van der Waals surface area contributed by atoms with Crippen molar-refractivity contribution in [3.63, 3.8) is 0 Å². The molecule has 1 aromatic rings. The van der Waals surface area contributed by atoms with E-state index in [1.165, 1.54) is 12.0 Å². The first kappa shape index (κ1) is 12.7. The van der Waals surface area contributed by atoms with Crippen molar-refractivity contribution in [3.05, 3.63) is 35.4 Å². The molecule has 0 saturated heterocycles. The second-order valence-electron chi connectivity index (χ2n) is 6.60. The minimum Gasteiger partial charge on any atom is -0.384 e. The Kier molecular flexibility index (Phi) is 2.73. The predicted molar refractivity (Wildman–Crippen MR) is 74.2 cm³/mol. The molecule has 0 amide bonds. The summed E-state index contributed by atoms with van der Waals surface area (Å²) in [5.41, 5.74) is 0.422. The maximum Gasteiger partial charge on any atom is 0.106 e. The molecular weight excluding hydrogens is 234 g/mol. The van der Waals surface area contributed by atoms with Gasteiger partial charge in [-0.1, -0.05) is 36.2 Å². The maximum absolute atomic E-state index is 11.1. The number of benzene rings is 1. The average molecular weight is 255 g/mol. The zero-order valence-electron chi connectivity index (χ0n) is 11.7. The topological polar surface area (TPSA) is 44.0 Å². The normalized spacial score (nSPS) is 35.9. The molecule has 4 atom stereocenters. The van der Waals surface area contributed by atoms with E-state index in [9.17, 15) is 10.4 Å². The quantitative estimate of drug-likeness (QED) is 0.878. The first-order valence-corrected chi connectivity index (χ1v) is 7.20. The van der Waals surface area contributed by atoms with Gasteiger partial charge in [-0.25, -0.2) is 0 Å². The summed E-state index contributed by atoms with van der Waals surface area (Å²) in [6.45, 7) is 3.87. The van der Waals surface area contributed by atoms with E-state index in [1.54, 1.807) is 0 Å². The van der Waals surface area contributed by atoms with Crippen LogP contribution in [-0.4, -0.2) is 5.11 Å². The number of fused-ring (bicyclic) bond motifs is 2. The lowest BCUT2D eigenvalue weighted by molar-refractivity contribution is -0.0734. The molecule has 0 spiro atoms. The summed E-state index contributed by atoms with van der Waals surface area (Å²) in [4.78, 5) is 0. The molecule has 0 aromatic heterocycles. The molecule has 4 unspecified atom stereocenters. The molecule has 19 heavy (non-hydrogen) atoms. The number of aliphatic hydroxyl groups is 1. The molecule has 2 fully saturated rings. The first-order chi connectivity index (χ1) is 8.99. The number of hydrogen-bond donors (Lipinski definition) is 1. The van der Waals surface area contributed by atoms with Crippen molar-refractivity contribution in [2.75, 3.05) is 0 Å². The number of rotatable bonds is 2. The first-order valence-electron chi connectivity index (χ1n) is 7.20. The van der Waals surface area contributed by atoms with E-state index < -0.39 is 11.0 Å². The van der Waals surface area contributed by atoms with Gasteiger partial charge in [-0.3, -0.25) is 0 Å². The van der Waals surface area contributed by atoms with Crippen LogP contribution in [0.1, 0.15) is 43.7 Å². The van der Waals surface area contributed by atoms with Crippen LogP contribution in [0, 0.1) is 35.5 Å². The van der Waals surface area contributed by atoms with Crippen molar-refractivity contribution in [1.82, 2.24) is 0 Å². The zero-order valence-corrected chi connectivity index (χ0v) is 11.7. The summed E-state index contributed by atoms with van der Waals surface area (Å²) in [7, 11) is 0. The van der Waals surface area contributed by atoms with Crippen molar-refractivity contribution in [2.24, 2.45) is 17.3 Å². The van der Waals surface area contributed by atoms with Crippen LogP contribution in [0.15, 0.2) is 24.3 Å². The monoisotopic (exact) mass is 255 g/mol. The fourth-order valence-corrected chi connectivity index (χ4v) is 4.31. The van der Waals surface area contributed by atoms with E-state index in [2.05, 4.69) is 6.07 Å². The van der Waals surface area contributed by atoms with Crippen LogP contribution in [0.25, 0.3) is 0 Å².